The van der Waals surface area contributed by atoms with Gasteiger partial charge in [0, 0.05) is 55.1 Å². The van der Waals surface area contributed by atoms with Gasteiger partial charge >= 0.3 is 0 Å². The van der Waals surface area contributed by atoms with Gasteiger partial charge in [0.05, 0.1) is 17.5 Å². The summed E-state index contributed by atoms with van der Waals surface area (Å²) in [4.78, 5) is 13.1. The molecule has 3 aromatic carbocycles. The predicted molar refractivity (Wildman–Crippen MR) is 156 cm³/mol. The summed E-state index contributed by atoms with van der Waals surface area (Å²) >= 11 is 0. The van der Waals surface area contributed by atoms with Crippen LogP contribution in [0.3, 0.4) is 0 Å². The van der Waals surface area contributed by atoms with Crippen LogP contribution in [0.2, 0.25) is 0 Å². The van der Waals surface area contributed by atoms with Gasteiger partial charge in [-0.15, -0.1) is 0 Å². The minimum absolute atomic E-state index is 0.275. The number of amides is 1. The predicted octanol–water partition coefficient (Wildman–Crippen LogP) is 6.09. The Bertz CT molecular complexity index is 1710. The van der Waals surface area contributed by atoms with E-state index in [1.54, 1.807) is 13.1 Å². The summed E-state index contributed by atoms with van der Waals surface area (Å²) in [5.74, 6) is 0.168. The van der Waals surface area contributed by atoms with Gasteiger partial charge in [0.15, 0.2) is 0 Å². The van der Waals surface area contributed by atoms with Crippen LogP contribution in [0.1, 0.15) is 22.3 Å². The lowest BCUT2D eigenvalue weighted by molar-refractivity contribution is 0.0964. The van der Waals surface area contributed by atoms with Crippen molar-refractivity contribution >= 4 is 32.6 Å². The van der Waals surface area contributed by atoms with Crippen molar-refractivity contribution in [2.24, 2.45) is 0 Å². The highest BCUT2D eigenvalue weighted by atomic mass is 32.2. The fourth-order valence-electron chi connectivity index (χ4n) is 4.83. The average molecular weight is 542 g/mol. The monoisotopic (exact) mass is 541 g/mol. The van der Waals surface area contributed by atoms with Crippen molar-refractivity contribution in [1.82, 2.24) is 9.88 Å². The van der Waals surface area contributed by atoms with Gasteiger partial charge in [-0.25, -0.2) is 8.42 Å². The number of hydrogen-bond donors (Lipinski definition) is 1. The lowest BCUT2D eigenvalue weighted by Crippen LogP contribution is -2.32. The molecule has 0 saturated carbocycles. The normalized spacial score (nSPS) is 11.6. The van der Waals surface area contributed by atoms with Crippen molar-refractivity contribution in [2.45, 2.75) is 19.9 Å². The molecule has 0 atom stereocenters. The summed E-state index contributed by atoms with van der Waals surface area (Å²) in [6.45, 7) is 2.97. The maximum atomic E-state index is 13.1. The molecule has 2 aromatic heterocycles. The number of aryl methyl sites for hydroxylation is 2. The Labute approximate surface area is 228 Å². The molecule has 5 rings (SSSR count). The first-order valence-corrected chi connectivity index (χ1v) is 14.6. The quantitative estimate of drug-likeness (QED) is 0.245. The molecule has 0 bridgehead atoms. The maximum Gasteiger partial charge on any atom is 0.255 e. The number of anilines is 1. The molecule has 8 heteroatoms. The third-order valence-electron chi connectivity index (χ3n) is 6.77. The summed E-state index contributed by atoms with van der Waals surface area (Å²) < 4.78 is 36.1. The summed E-state index contributed by atoms with van der Waals surface area (Å²) in [5.41, 5.74) is 4.77. The van der Waals surface area contributed by atoms with Crippen molar-refractivity contribution in [3.63, 3.8) is 0 Å². The van der Waals surface area contributed by atoms with Gasteiger partial charge in [-0.05, 0) is 37.1 Å². The Hall–Kier alpha value is -4.30. The van der Waals surface area contributed by atoms with Gasteiger partial charge in [0.1, 0.15) is 11.3 Å². The number of carbonyl (C=O) groups excluding carboxylic acids is 1. The van der Waals surface area contributed by atoms with E-state index in [2.05, 4.69) is 5.32 Å². The van der Waals surface area contributed by atoms with E-state index < -0.39 is 10.0 Å². The number of sulfonamides is 1. The zero-order chi connectivity index (χ0) is 27.6. The van der Waals surface area contributed by atoms with E-state index in [-0.39, 0.29) is 12.5 Å². The maximum absolute atomic E-state index is 13.1. The van der Waals surface area contributed by atoms with E-state index in [4.69, 9.17) is 4.42 Å². The zero-order valence-corrected chi connectivity index (χ0v) is 23.0. The lowest BCUT2D eigenvalue weighted by Gasteiger charge is -2.25. The second-order valence-electron chi connectivity index (χ2n) is 9.59. The molecular weight excluding hydrogens is 510 g/mol. The van der Waals surface area contributed by atoms with Gasteiger partial charge in [-0.2, -0.15) is 0 Å². The number of benzene rings is 3. The van der Waals surface area contributed by atoms with Crippen LogP contribution in [0.4, 0.5) is 5.69 Å². The number of rotatable bonds is 9. The lowest BCUT2D eigenvalue weighted by atomic mass is 9.98. The van der Waals surface area contributed by atoms with Crippen LogP contribution in [-0.4, -0.2) is 38.7 Å². The van der Waals surface area contributed by atoms with Gasteiger partial charge in [0.25, 0.3) is 5.91 Å². The molecule has 200 valence electrons. The SMILES string of the molecule is CNC(=O)c1c(-c2ccc(C)cc2)oc2cc(N(CCCn3cccc3)S(C)(=O)=O)c(-c3ccccc3)cc12. The second kappa shape index (κ2) is 10.8. The van der Waals surface area contributed by atoms with Crippen LogP contribution >= 0.6 is 0 Å². The summed E-state index contributed by atoms with van der Waals surface area (Å²) in [7, 11) is -2.05. The number of carbonyl (C=O) groups is 1. The summed E-state index contributed by atoms with van der Waals surface area (Å²) in [6, 6.07) is 24.9. The molecule has 0 aliphatic carbocycles. The van der Waals surface area contributed by atoms with E-state index in [0.717, 1.165) is 16.7 Å². The first-order chi connectivity index (χ1) is 18.8. The molecule has 0 fully saturated rings. The van der Waals surface area contributed by atoms with Gasteiger partial charge in [0.2, 0.25) is 10.0 Å². The molecule has 1 amide bonds. The Balaban J connectivity index is 1.71. The van der Waals surface area contributed by atoms with Crippen LogP contribution in [0.15, 0.2) is 95.7 Å². The third kappa shape index (κ3) is 5.47. The molecule has 0 aliphatic heterocycles. The molecular formula is C31H31N3O4S. The highest BCUT2D eigenvalue weighted by Crippen LogP contribution is 2.41. The van der Waals surface area contributed by atoms with Crippen LogP contribution in [0.25, 0.3) is 33.4 Å². The highest BCUT2D eigenvalue weighted by molar-refractivity contribution is 7.92. The largest absolute Gasteiger partial charge is 0.455 e. The first-order valence-electron chi connectivity index (χ1n) is 12.8. The van der Waals surface area contributed by atoms with E-state index in [1.165, 1.54) is 10.6 Å². The van der Waals surface area contributed by atoms with Crippen molar-refractivity contribution in [3.05, 3.63) is 102 Å². The van der Waals surface area contributed by atoms with Crippen molar-refractivity contribution in [3.8, 4) is 22.5 Å². The van der Waals surface area contributed by atoms with E-state index >= 15 is 0 Å². The number of nitrogens with zero attached hydrogens (tertiary/aromatic N) is 2. The molecule has 0 radical (unpaired) electrons. The summed E-state index contributed by atoms with van der Waals surface area (Å²) in [5, 5.41) is 3.35. The number of aromatic nitrogens is 1. The molecule has 0 saturated heterocycles. The van der Waals surface area contributed by atoms with Crippen LogP contribution in [0, 0.1) is 6.92 Å². The molecule has 1 N–H and O–H groups in total. The van der Waals surface area contributed by atoms with Crippen LogP contribution < -0.4 is 9.62 Å². The topological polar surface area (TPSA) is 84.6 Å². The molecule has 2 heterocycles. The zero-order valence-electron chi connectivity index (χ0n) is 22.2. The number of nitrogens with one attached hydrogen (secondary N) is 1. The Kier molecular flexibility index (Phi) is 7.30. The standard InChI is InChI=1S/C31H31N3O4S/c1-22-12-14-24(15-13-22)30-29(31(35)32-2)26-20-25(23-10-5-4-6-11-23)27(21-28(26)38-30)34(39(3,36)37)19-9-18-33-16-7-8-17-33/h4-8,10-17,20-21H,9,18-19H2,1-3H3,(H,32,35). The van der Waals surface area contributed by atoms with Gasteiger partial charge < -0.3 is 14.3 Å². The van der Waals surface area contributed by atoms with Crippen molar-refractivity contribution in [1.29, 1.82) is 0 Å². The molecule has 7 nitrogen and oxygen atoms in total. The minimum atomic E-state index is -3.64. The first kappa shape index (κ1) is 26.3. The Morgan fingerprint density at radius 2 is 1.64 bits per heavy atom. The van der Waals surface area contributed by atoms with Crippen molar-refractivity contribution < 1.29 is 17.6 Å². The fourth-order valence-corrected chi connectivity index (χ4v) is 5.80. The molecule has 5 aromatic rings. The second-order valence-corrected chi connectivity index (χ2v) is 11.5. The van der Waals surface area contributed by atoms with E-state index in [9.17, 15) is 13.2 Å². The molecule has 39 heavy (non-hydrogen) atoms. The average Bonchev–Trinajstić information content (AvgIpc) is 3.58. The van der Waals surface area contributed by atoms with E-state index in [1.807, 2.05) is 96.7 Å². The fraction of sp³-hybridized carbons (Fsp3) is 0.194. The molecule has 0 unspecified atom stereocenters. The van der Waals surface area contributed by atoms with Gasteiger partial charge in [-0.1, -0.05) is 60.2 Å². The smallest absolute Gasteiger partial charge is 0.255 e. The number of fused-ring (bicyclic) bond motifs is 1. The number of hydrogen-bond acceptors (Lipinski definition) is 4. The van der Waals surface area contributed by atoms with Crippen LogP contribution in [0.5, 0.6) is 0 Å². The third-order valence-corrected chi connectivity index (χ3v) is 7.95. The summed E-state index contributed by atoms with van der Waals surface area (Å²) in [6.07, 6.45) is 5.76. The number of furan rings is 1. The van der Waals surface area contributed by atoms with Crippen LogP contribution in [-0.2, 0) is 16.6 Å². The van der Waals surface area contributed by atoms with Gasteiger partial charge in [-0.3, -0.25) is 9.10 Å². The van der Waals surface area contributed by atoms with E-state index in [0.29, 0.717) is 46.5 Å². The minimum Gasteiger partial charge on any atom is -0.455 e. The Morgan fingerprint density at radius 3 is 2.28 bits per heavy atom. The highest BCUT2D eigenvalue weighted by Gasteiger charge is 2.27. The Morgan fingerprint density at radius 1 is 0.949 bits per heavy atom. The molecule has 0 spiro atoms. The molecule has 0 aliphatic rings. The van der Waals surface area contributed by atoms with Crippen molar-refractivity contribution in [2.75, 3.05) is 24.2 Å².